The Labute approximate surface area is 215 Å². The van der Waals surface area contributed by atoms with E-state index in [1.165, 1.54) is 42.8 Å². The minimum atomic E-state index is -4.20. The molecule has 3 aromatic rings. The average Bonchev–Trinajstić information content (AvgIpc) is 2.91. The molecule has 0 aliphatic carbocycles. The van der Waals surface area contributed by atoms with Gasteiger partial charge < -0.3 is 9.47 Å². The number of rotatable bonds is 9. The Balaban J connectivity index is 1.61. The fourth-order valence-corrected chi connectivity index (χ4v) is 6.58. The Bertz CT molecular complexity index is 1400. The number of hydrogen-bond acceptors (Lipinski definition) is 8. The Morgan fingerprint density at radius 3 is 2.46 bits per heavy atom. The van der Waals surface area contributed by atoms with Gasteiger partial charge in [0.2, 0.25) is 10.0 Å². The Kier molecular flexibility index (Phi) is 8.18. The Morgan fingerprint density at radius 1 is 1.05 bits per heavy atom. The lowest BCUT2D eigenvalue weighted by Gasteiger charge is -2.42. The maximum Gasteiger partial charge on any atom is 0.323 e. The number of carbonyl (C=O) groups is 1. The molecule has 0 spiro atoms. The van der Waals surface area contributed by atoms with Gasteiger partial charge in [-0.3, -0.25) is 19.8 Å². The third-order valence-electron chi connectivity index (χ3n) is 6.62. The summed E-state index contributed by atoms with van der Waals surface area (Å²) in [7, 11) is -1.41. The molecule has 11 heteroatoms. The summed E-state index contributed by atoms with van der Waals surface area (Å²) < 4.78 is 38.7. The number of para-hydroxylation sites is 1. The number of methoxy groups -OCH3 is 2. The van der Waals surface area contributed by atoms with Crippen LogP contribution in [0.15, 0.2) is 71.6 Å². The van der Waals surface area contributed by atoms with Crippen molar-refractivity contribution in [3.63, 3.8) is 0 Å². The molecular weight excluding hydrogens is 498 g/mol. The van der Waals surface area contributed by atoms with E-state index < -0.39 is 38.7 Å². The summed E-state index contributed by atoms with van der Waals surface area (Å²) in [5, 5.41) is 13.7. The van der Waals surface area contributed by atoms with Crippen LogP contribution in [-0.2, 0) is 30.7 Å². The van der Waals surface area contributed by atoms with E-state index in [9.17, 15) is 23.3 Å². The second kappa shape index (κ2) is 11.3. The van der Waals surface area contributed by atoms with Crippen LogP contribution in [0.5, 0.6) is 0 Å². The van der Waals surface area contributed by atoms with Crippen molar-refractivity contribution >= 4 is 32.5 Å². The van der Waals surface area contributed by atoms with Crippen LogP contribution >= 0.6 is 0 Å². The lowest BCUT2D eigenvalue weighted by atomic mass is 10.00. The molecule has 3 aromatic carbocycles. The number of hydrogen-bond donors (Lipinski definition) is 0. The number of piperazine rings is 1. The summed E-state index contributed by atoms with van der Waals surface area (Å²) in [6.07, 6.45) is 0.383. The van der Waals surface area contributed by atoms with Crippen molar-refractivity contribution in [1.29, 1.82) is 0 Å². The maximum absolute atomic E-state index is 13.5. The van der Waals surface area contributed by atoms with Crippen molar-refractivity contribution in [3.05, 3.63) is 82.4 Å². The first-order chi connectivity index (χ1) is 17.8. The zero-order valence-electron chi connectivity index (χ0n) is 20.6. The van der Waals surface area contributed by atoms with E-state index in [4.69, 9.17) is 9.47 Å². The second-order valence-corrected chi connectivity index (χ2v) is 10.7. The van der Waals surface area contributed by atoms with Gasteiger partial charge in [0.15, 0.2) is 4.90 Å². The van der Waals surface area contributed by atoms with Gasteiger partial charge in [0.1, 0.15) is 6.04 Å². The largest absolute Gasteiger partial charge is 0.468 e. The Morgan fingerprint density at radius 2 is 1.76 bits per heavy atom. The molecule has 0 N–H and O–H groups in total. The normalized spacial score (nSPS) is 17.9. The minimum absolute atomic E-state index is 0.0353. The minimum Gasteiger partial charge on any atom is -0.468 e. The van der Waals surface area contributed by atoms with Crippen molar-refractivity contribution in [2.45, 2.75) is 23.4 Å². The summed E-state index contributed by atoms with van der Waals surface area (Å²) >= 11 is 0. The molecule has 0 radical (unpaired) electrons. The zero-order valence-corrected chi connectivity index (χ0v) is 21.5. The van der Waals surface area contributed by atoms with Gasteiger partial charge in [-0.2, -0.15) is 4.31 Å². The summed E-state index contributed by atoms with van der Waals surface area (Å²) in [5.74, 6) is -0.417. The van der Waals surface area contributed by atoms with Gasteiger partial charge >= 0.3 is 5.97 Å². The molecule has 1 saturated heterocycles. The van der Waals surface area contributed by atoms with E-state index in [2.05, 4.69) is 0 Å². The third kappa shape index (κ3) is 5.64. The molecule has 4 rings (SSSR count). The van der Waals surface area contributed by atoms with Crippen molar-refractivity contribution in [1.82, 2.24) is 9.21 Å². The molecule has 1 fully saturated rings. The molecule has 1 heterocycles. The molecule has 0 aromatic heterocycles. The molecule has 0 bridgehead atoms. The van der Waals surface area contributed by atoms with Crippen LogP contribution in [0.25, 0.3) is 10.8 Å². The highest BCUT2D eigenvalue weighted by Crippen LogP contribution is 2.30. The van der Waals surface area contributed by atoms with Gasteiger partial charge in [0.25, 0.3) is 5.69 Å². The van der Waals surface area contributed by atoms with Crippen LogP contribution in [0.3, 0.4) is 0 Å². The van der Waals surface area contributed by atoms with E-state index in [0.717, 1.165) is 16.3 Å². The zero-order chi connectivity index (χ0) is 26.6. The van der Waals surface area contributed by atoms with Gasteiger partial charge in [-0.25, -0.2) is 8.42 Å². The molecule has 1 aliphatic heterocycles. The smallest absolute Gasteiger partial charge is 0.323 e. The highest BCUT2D eigenvalue weighted by atomic mass is 32.2. The van der Waals surface area contributed by atoms with Crippen LogP contribution in [0, 0.1) is 10.1 Å². The molecule has 0 saturated carbocycles. The van der Waals surface area contributed by atoms with Gasteiger partial charge in [-0.15, -0.1) is 0 Å². The quantitative estimate of drug-likeness (QED) is 0.237. The average molecular weight is 528 g/mol. The van der Waals surface area contributed by atoms with E-state index in [0.29, 0.717) is 6.42 Å². The summed E-state index contributed by atoms with van der Waals surface area (Å²) in [6.45, 7) is 0.530. The van der Waals surface area contributed by atoms with E-state index in [-0.39, 0.29) is 31.1 Å². The first-order valence-electron chi connectivity index (χ1n) is 11.8. The predicted molar refractivity (Wildman–Crippen MR) is 138 cm³/mol. The van der Waals surface area contributed by atoms with Crippen molar-refractivity contribution in [2.24, 2.45) is 0 Å². The number of fused-ring (bicyclic) bond motifs is 1. The number of carbonyl (C=O) groups excluding carboxylic acids is 1. The monoisotopic (exact) mass is 527 g/mol. The molecule has 2 atom stereocenters. The van der Waals surface area contributed by atoms with Crippen molar-refractivity contribution < 1.29 is 27.6 Å². The third-order valence-corrected chi connectivity index (χ3v) is 8.62. The number of ether oxygens (including phenoxy) is 2. The summed E-state index contributed by atoms with van der Waals surface area (Å²) in [4.78, 5) is 25.2. The number of benzene rings is 3. The summed E-state index contributed by atoms with van der Waals surface area (Å²) in [6, 6.07) is 17.9. The fraction of sp³-hybridized carbons (Fsp3) is 0.346. The molecule has 10 nitrogen and oxygen atoms in total. The molecule has 2 unspecified atom stereocenters. The van der Waals surface area contributed by atoms with Crippen molar-refractivity contribution in [2.75, 3.05) is 40.5 Å². The summed E-state index contributed by atoms with van der Waals surface area (Å²) in [5.41, 5.74) is 0.470. The second-order valence-electron chi connectivity index (χ2n) is 8.87. The van der Waals surface area contributed by atoms with Crippen LogP contribution in [-0.4, -0.2) is 81.1 Å². The highest BCUT2D eigenvalue weighted by Gasteiger charge is 2.42. The first-order valence-corrected chi connectivity index (χ1v) is 13.2. The van der Waals surface area contributed by atoms with Gasteiger partial charge in [-0.1, -0.05) is 54.6 Å². The highest BCUT2D eigenvalue weighted by molar-refractivity contribution is 7.89. The Hall–Kier alpha value is -3.38. The number of nitrogens with zero attached hydrogens (tertiary/aromatic N) is 3. The molecule has 0 amide bonds. The van der Waals surface area contributed by atoms with Gasteiger partial charge in [-0.05, 0) is 28.8 Å². The van der Waals surface area contributed by atoms with E-state index >= 15 is 0 Å². The lowest BCUT2D eigenvalue weighted by molar-refractivity contribution is -0.387. The number of nitro groups is 1. The van der Waals surface area contributed by atoms with Crippen LogP contribution in [0.4, 0.5) is 5.69 Å². The maximum atomic E-state index is 13.5. The van der Waals surface area contributed by atoms with E-state index in [1.807, 2.05) is 47.4 Å². The van der Waals surface area contributed by atoms with E-state index in [1.54, 1.807) is 0 Å². The predicted octanol–water partition coefficient (Wildman–Crippen LogP) is 2.85. The van der Waals surface area contributed by atoms with Crippen LogP contribution in [0.1, 0.15) is 5.56 Å². The standard InChI is InChI=1S/C26H29N3O7S/c1-35-18-22-17-27(13-14-28(22)37(33,34)25-10-6-5-9-23(25)29(31)32)24(26(30)36-2)16-19-11-12-20-7-3-4-8-21(20)15-19/h3-12,15,22,24H,13-14,16-18H2,1-2H3. The topological polar surface area (TPSA) is 119 Å². The number of nitro benzene ring substituents is 1. The van der Waals surface area contributed by atoms with Crippen molar-refractivity contribution in [3.8, 4) is 0 Å². The lowest BCUT2D eigenvalue weighted by Crippen LogP contribution is -2.60. The molecule has 196 valence electrons. The number of esters is 1. The SMILES string of the molecule is COCC1CN(C(Cc2ccc3ccccc3c2)C(=O)OC)CCN1S(=O)(=O)c1ccccc1[N+](=O)[O-]. The first kappa shape index (κ1) is 26.7. The fourth-order valence-electron chi connectivity index (χ4n) is 4.83. The van der Waals surface area contributed by atoms with Crippen LogP contribution in [0.2, 0.25) is 0 Å². The molecular formula is C26H29N3O7S. The van der Waals surface area contributed by atoms with Crippen LogP contribution < -0.4 is 0 Å². The molecule has 37 heavy (non-hydrogen) atoms. The molecule has 1 aliphatic rings. The van der Waals surface area contributed by atoms with Gasteiger partial charge in [0.05, 0.1) is 24.7 Å². The number of sulfonamides is 1. The van der Waals surface area contributed by atoms with Gasteiger partial charge in [0, 0.05) is 32.8 Å².